The number of phenols is 1. The molecule has 3 aliphatic rings. The summed E-state index contributed by atoms with van der Waals surface area (Å²) < 4.78 is 69.1. The molecule has 3 aliphatic heterocycles. The monoisotopic (exact) mass is 874 g/mol. The second kappa shape index (κ2) is 20.0. The van der Waals surface area contributed by atoms with Crippen LogP contribution < -0.4 is 14.2 Å². The number of aromatic hydroxyl groups is 1. The Bertz CT molecular complexity index is 2050. The van der Waals surface area contributed by atoms with Gasteiger partial charge in [0.1, 0.15) is 47.4 Å². The topological polar surface area (TPSA) is 268 Å². The lowest BCUT2D eigenvalue weighted by Gasteiger charge is -2.48. The molecule has 0 radical (unpaired) electrons. The molecule has 0 spiro atoms. The van der Waals surface area contributed by atoms with Gasteiger partial charge in [0.2, 0.25) is 6.29 Å². The van der Waals surface area contributed by atoms with Crippen molar-refractivity contribution in [2.45, 2.75) is 129 Å². The normalized spacial score (nSPS) is 27.8. The summed E-state index contributed by atoms with van der Waals surface area (Å²) in [5, 5.41) is 11.2. The van der Waals surface area contributed by atoms with Crippen molar-refractivity contribution in [1.82, 2.24) is 0 Å². The van der Waals surface area contributed by atoms with Crippen LogP contribution in [-0.4, -0.2) is 121 Å². The van der Waals surface area contributed by atoms with Gasteiger partial charge in [0.25, 0.3) is 0 Å². The van der Waals surface area contributed by atoms with Crippen LogP contribution in [0, 0.1) is 0 Å². The fourth-order valence-corrected chi connectivity index (χ4v) is 7.06. The Kier molecular flexibility index (Phi) is 15.1. The first kappa shape index (κ1) is 46.7. The van der Waals surface area contributed by atoms with Crippen LogP contribution >= 0.6 is 0 Å². The van der Waals surface area contributed by atoms with Gasteiger partial charge in [0.15, 0.2) is 48.7 Å². The number of ketones is 1. The van der Waals surface area contributed by atoms with Gasteiger partial charge < -0.3 is 61.9 Å². The van der Waals surface area contributed by atoms with Crippen molar-refractivity contribution in [2.75, 3.05) is 6.61 Å². The second-order valence-corrected chi connectivity index (χ2v) is 14.4. The molecular formula is C41H46O21. The van der Waals surface area contributed by atoms with E-state index in [1.165, 1.54) is 32.0 Å². The number of fused-ring (bicyclic) bond motifs is 1. The van der Waals surface area contributed by atoms with Crippen molar-refractivity contribution in [3.8, 4) is 23.0 Å². The Morgan fingerprint density at radius 3 is 1.74 bits per heavy atom. The first-order valence-corrected chi connectivity index (χ1v) is 19.2. The van der Waals surface area contributed by atoms with Crippen LogP contribution in [0.2, 0.25) is 0 Å². The zero-order chi connectivity index (χ0) is 45.6. The average molecular weight is 875 g/mol. The maximum atomic E-state index is 13.4. The summed E-state index contributed by atoms with van der Waals surface area (Å²) in [6, 6.07) is 8.54. The number of ether oxygens (including phenoxy) is 12. The first-order chi connectivity index (χ1) is 29.2. The number of hydrogen-bond donors (Lipinski definition) is 1. The van der Waals surface area contributed by atoms with Crippen LogP contribution in [0.1, 0.15) is 83.8 Å². The van der Waals surface area contributed by atoms with Crippen LogP contribution in [0.3, 0.4) is 0 Å². The van der Waals surface area contributed by atoms with Crippen LogP contribution in [-0.2, 0) is 76.2 Å². The smallest absolute Gasteiger partial charge is 0.308 e. The SMILES string of the molecule is CC(=O)OC[C@H]1O[C@@H](Oc2cc(O)c3c(c2)O[C@H](c2ccc(OC(C)=O)cc2)CC3=O)C(O[C@@H]2OC(C)[C@H](OC(C)=O)C(OC(C)=O)C2OC(C)=O)[C@@H](OC(C)=O)C1OC(C)=O. The number of esters is 7. The average Bonchev–Trinajstić information content (AvgIpc) is 3.15. The number of benzene rings is 2. The fraction of sp³-hybridized carbons (Fsp3) is 0.512. The molecule has 0 aromatic heterocycles. The third-order valence-electron chi connectivity index (χ3n) is 9.31. The maximum absolute atomic E-state index is 13.4. The van der Waals surface area contributed by atoms with Gasteiger partial charge in [0.05, 0.1) is 12.5 Å². The first-order valence-electron chi connectivity index (χ1n) is 19.2. The van der Waals surface area contributed by atoms with Crippen molar-refractivity contribution < 1.29 is 100 Å². The Morgan fingerprint density at radius 1 is 0.629 bits per heavy atom. The minimum absolute atomic E-state index is 0.121. The quantitative estimate of drug-likeness (QED) is 0.172. The largest absolute Gasteiger partial charge is 0.507 e. The van der Waals surface area contributed by atoms with E-state index >= 15 is 0 Å². The fourth-order valence-electron chi connectivity index (χ4n) is 7.06. The lowest BCUT2D eigenvalue weighted by atomic mass is 9.95. The van der Waals surface area contributed by atoms with E-state index in [4.69, 9.17) is 56.8 Å². The zero-order valence-corrected chi connectivity index (χ0v) is 34.8. The number of carbonyl (C=O) groups is 8. The predicted octanol–water partition coefficient (Wildman–Crippen LogP) is 2.48. The van der Waals surface area contributed by atoms with Gasteiger partial charge in [-0.15, -0.1) is 0 Å². The Morgan fingerprint density at radius 2 is 1.18 bits per heavy atom. The molecule has 21 nitrogen and oxygen atoms in total. The molecule has 2 aromatic rings. The van der Waals surface area contributed by atoms with Gasteiger partial charge in [-0.1, -0.05) is 12.1 Å². The van der Waals surface area contributed by atoms with Gasteiger partial charge in [-0.05, 0) is 24.6 Å². The third kappa shape index (κ3) is 11.7. The minimum Gasteiger partial charge on any atom is -0.507 e. The molecule has 336 valence electrons. The molecule has 0 aliphatic carbocycles. The molecule has 0 bridgehead atoms. The standard InChI is InChI=1S/C41H46O21/c1-17-34(54-20(4)44)36(56-22(6)46)38(58-24(8)48)40(52-17)62-39-37(57-23(7)47)35(55-21(5)45)32(16-51-18(2)42)61-41(39)59-27-13-28(49)33-29(50)15-30(60-31(33)14-27)25-9-11-26(12-10-25)53-19(3)43/h9-14,17,30,32,34-41,49H,15-16H2,1-8H3/t17?,30-,32+,34-,35?,36?,37-,38?,39?,40-,41+/m0/s1. The van der Waals surface area contributed by atoms with E-state index in [9.17, 15) is 43.5 Å². The Hall–Kier alpha value is -6.32. The van der Waals surface area contributed by atoms with Gasteiger partial charge in [-0.25, -0.2) is 0 Å². The van der Waals surface area contributed by atoms with Crippen molar-refractivity contribution >= 4 is 47.6 Å². The molecular weight excluding hydrogens is 828 g/mol. The third-order valence-corrected chi connectivity index (χ3v) is 9.31. The summed E-state index contributed by atoms with van der Waals surface area (Å²) in [6.45, 7) is 8.47. The molecule has 21 heteroatoms. The number of hydrogen-bond acceptors (Lipinski definition) is 21. The van der Waals surface area contributed by atoms with Crippen LogP contribution in [0.25, 0.3) is 0 Å². The second-order valence-electron chi connectivity index (χ2n) is 14.4. The van der Waals surface area contributed by atoms with Gasteiger partial charge in [-0.3, -0.25) is 38.4 Å². The van der Waals surface area contributed by atoms with Crippen molar-refractivity contribution in [2.24, 2.45) is 0 Å². The van der Waals surface area contributed by atoms with Crippen LogP contribution in [0.15, 0.2) is 36.4 Å². The van der Waals surface area contributed by atoms with E-state index in [1.807, 2.05) is 0 Å². The molecule has 0 amide bonds. The van der Waals surface area contributed by atoms with E-state index in [0.717, 1.165) is 47.6 Å². The molecule has 2 saturated heterocycles. The molecule has 0 saturated carbocycles. The Labute approximate surface area is 354 Å². The predicted molar refractivity (Wildman–Crippen MR) is 201 cm³/mol. The summed E-state index contributed by atoms with van der Waals surface area (Å²) in [5.74, 6) is -6.83. The molecule has 2 fully saturated rings. The molecule has 62 heavy (non-hydrogen) atoms. The molecule has 5 unspecified atom stereocenters. The van der Waals surface area contributed by atoms with Crippen molar-refractivity contribution in [3.05, 3.63) is 47.5 Å². The highest BCUT2D eigenvalue weighted by Crippen LogP contribution is 2.43. The van der Waals surface area contributed by atoms with E-state index in [2.05, 4.69) is 0 Å². The summed E-state index contributed by atoms with van der Waals surface area (Å²) in [7, 11) is 0. The summed E-state index contributed by atoms with van der Waals surface area (Å²) in [5.41, 5.74) is 0.353. The van der Waals surface area contributed by atoms with Gasteiger partial charge in [-0.2, -0.15) is 0 Å². The molecule has 3 heterocycles. The lowest BCUT2D eigenvalue weighted by Crippen LogP contribution is -2.67. The molecule has 11 atom stereocenters. The highest BCUT2D eigenvalue weighted by atomic mass is 16.8. The molecule has 1 N–H and O–H groups in total. The van der Waals surface area contributed by atoms with Crippen molar-refractivity contribution in [1.29, 1.82) is 0 Å². The van der Waals surface area contributed by atoms with E-state index < -0.39 is 127 Å². The number of carbonyl (C=O) groups excluding carboxylic acids is 8. The zero-order valence-electron chi connectivity index (χ0n) is 34.8. The number of phenolic OH excluding ortho intramolecular Hbond substituents is 1. The Balaban J connectivity index is 1.58. The number of rotatable bonds is 13. The maximum Gasteiger partial charge on any atom is 0.308 e. The number of Topliss-reactive ketones (excluding diaryl/α,β-unsaturated/α-hetero) is 1. The van der Waals surface area contributed by atoms with Gasteiger partial charge >= 0.3 is 41.8 Å². The summed E-state index contributed by atoms with van der Waals surface area (Å²) in [6.07, 6.45) is -16.8. The van der Waals surface area contributed by atoms with Crippen LogP contribution in [0.4, 0.5) is 0 Å². The molecule has 5 rings (SSSR count). The highest BCUT2D eigenvalue weighted by Gasteiger charge is 2.57. The summed E-state index contributed by atoms with van der Waals surface area (Å²) >= 11 is 0. The van der Waals surface area contributed by atoms with Gasteiger partial charge in [0, 0.05) is 60.6 Å². The van der Waals surface area contributed by atoms with E-state index in [0.29, 0.717) is 5.56 Å². The van der Waals surface area contributed by atoms with Crippen LogP contribution in [0.5, 0.6) is 23.0 Å². The highest BCUT2D eigenvalue weighted by molar-refractivity contribution is 6.02. The molecule has 2 aromatic carbocycles. The lowest BCUT2D eigenvalue weighted by molar-refractivity contribution is -0.356. The summed E-state index contributed by atoms with van der Waals surface area (Å²) in [4.78, 5) is 99.0. The van der Waals surface area contributed by atoms with Crippen molar-refractivity contribution in [3.63, 3.8) is 0 Å². The van der Waals surface area contributed by atoms with E-state index in [1.54, 1.807) is 12.1 Å². The van der Waals surface area contributed by atoms with E-state index in [-0.39, 0.29) is 29.2 Å². The minimum atomic E-state index is -1.80.